The Kier molecular flexibility index (Phi) is 5.52. The second-order valence-electron chi connectivity index (χ2n) is 13.2. The molecule has 198 valence electrons. The van der Waals surface area contributed by atoms with Crippen LogP contribution >= 0.6 is 0 Å². The van der Waals surface area contributed by atoms with Crippen LogP contribution in [-0.2, 0) is 23.7 Å². The van der Waals surface area contributed by atoms with Gasteiger partial charge in [-0.25, -0.2) is 0 Å². The van der Waals surface area contributed by atoms with Crippen molar-refractivity contribution in [1.82, 2.24) is 0 Å². The summed E-state index contributed by atoms with van der Waals surface area (Å²) in [5.41, 5.74) is 19.4. The molecule has 0 bridgehead atoms. The van der Waals surface area contributed by atoms with Crippen molar-refractivity contribution in [3.63, 3.8) is 0 Å². The lowest BCUT2D eigenvalue weighted by Gasteiger charge is -2.23. The Bertz CT molecular complexity index is 1790. The fourth-order valence-electron chi connectivity index (χ4n) is 7.19. The largest absolute Gasteiger partial charge is 0.0591 e. The van der Waals surface area contributed by atoms with Crippen LogP contribution in [0.3, 0.4) is 0 Å². The van der Waals surface area contributed by atoms with Crippen molar-refractivity contribution in [1.29, 1.82) is 0 Å². The smallest absolute Gasteiger partial charge is 0.0159 e. The van der Waals surface area contributed by atoms with Crippen LogP contribution in [-0.4, -0.2) is 0 Å². The van der Waals surface area contributed by atoms with E-state index in [9.17, 15) is 0 Å². The minimum absolute atomic E-state index is 0.00785. The molecule has 0 spiro atoms. The van der Waals surface area contributed by atoms with Gasteiger partial charge in [0.15, 0.2) is 0 Å². The van der Waals surface area contributed by atoms with Crippen molar-refractivity contribution in [2.45, 2.75) is 65.2 Å². The van der Waals surface area contributed by atoms with Gasteiger partial charge in [0, 0.05) is 10.8 Å². The molecule has 0 aliphatic heterocycles. The molecule has 40 heavy (non-hydrogen) atoms. The summed E-state index contributed by atoms with van der Waals surface area (Å²) >= 11 is 0. The standard InChI is InChI=1S/C40H38/c1-25-7-10-27(11-8-25)12-13-28-14-18-32-34-20-16-30(24-38(34)40(5,6)36(32)22-28)29-15-19-33-31-17-9-26(2)21-35(31)39(3,4)37(33)23-29/h7-11,14-24H,12-13H2,1-6H3. The lowest BCUT2D eigenvalue weighted by Crippen LogP contribution is -2.16. The molecule has 2 aliphatic carbocycles. The van der Waals surface area contributed by atoms with Crippen LogP contribution in [0.4, 0.5) is 0 Å². The highest BCUT2D eigenvalue weighted by molar-refractivity contribution is 5.86. The molecule has 2 aliphatic rings. The van der Waals surface area contributed by atoms with Gasteiger partial charge >= 0.3 is 0 Å². The molecule has 0 fully saturated rings. The van der Waals surface area contributed by atoms with E-state index in [2.05, 4.69) is 139 Å². The van der Waals surface area contributed by atoms with E-state index in [4.69, 9.17) is 0 Å². The zero-order chi connectivity index (χ0) is 27.8. The molecular formula is C40H38. The van der Waals surface area contributed by atoms with Crippen LogP contribution in [0.2, 0.25) is 0 Å². The van der Waals surface area contributed by atoms with Crippen LogP contribution in [0.5, 0.6) is 0 Å². The number of fused-ring (bicyclic) bond motifs is 6. The van der Waals surface area contributed by atoms with Gasteiger partial charge in [0.1, 0.15) is 0 Å². The summed E-state index contributed by atoms with van der Waals surface area (Å²) in [6.07, 6.45) is 2.15. The maximum Gasteiger partial charge on any atom is 0.0159 e. The van der Waals surface area contributed by atoms with Gasteiger partial charge in [-0.1, -0.05) is 124 Å². The first-order chi connectivity index (χ1) is 19.1. The molecule has 0 saturated heterocycles. The van der Waals surface area contributed by atoms with E-state index in [-0.39, 0.29) is 10.8 Å². The van der Waals surface area contributed by atoms with Crippen molar-refractivity contribution in [3.05, 3.63) is 142 Å². The normalized spacial score (nSPS) is 15.3. The second-order valence-corrected chi connectivity index (χ2v) is 13.2. The highest BCUT2D eigenvalue weighted by Crippen LogP contribution is 2.52. The average molecular weight is 519 g/mol. The van der Waals surface area contributed by atoms with Gasteiger partial charge in [-0.05, 0) is 106 Å². The number of benzene rings is 5. The quantitative estimate of drug-likeness (QED) is 0.222. The van der Waals surface area contributed by atoms with Gasteiger partial charge < -0.3 is 0 Å². The lowest BCUT2D eigenvalue weighted by atomic mass is 9.80. The number of hydrogen-bond acceptors (Lipinski definition) is 0. The van der Waals surface area contributed by atoms with E-state index in [0.717, 1.165) is 12.8 Å². The van der Waals surface area contributed by atoms with Crippen molar-refractivity contribution in [2.75, 3.05) is 0 Å². The minimum Gasteiger partial charge on any atom is -0.0591 e. The van der Waals surface area contributed by atoms with Crippen molar-refractivity contribution < 1.29 is 0 Å². The fraction of sp³-hybridized carbons (Fsp3) is 0.250. The van der Waals surface area contributed by atoms with E-state index in [1.54, 1.807) is 0 Å². The van der Waals surface area contributed by atoms with Gasteiger partial charge in [-0.2, -0.15) is 0 Å². The predicted octanol–water partition coefficient (Wildman–Crippen LogP) is 10.4. The van der Waals surface area contributed by atoms with E-state index in [1.807, 2.05) is 0 Å². The first kappa shape index (κ1) is 25.1. The van der Waals surface area contributed by atoms with Gasteiger partial charge in [-0.15, -0.1) is 0 Å². The van der Waals surface area contributed by atoms with E-state index in [1.165, 1.54) is 77.9 Å². The van der Waals surface area contributed by atoms with E-state index >= 15 is 0 Å². The van der Waals surface area contributed by atoms with Gasteiger partial charge in [0.25, 0.3) is 0 Å². The van der Waals surface area contributed by atoms with Crippen LogP contribution < -0.4 is 0 Å². The molecule has 0 saturated carbocycles. The third-order valence-electron chi connectivity index (χ3n) is 9.73. The lowest BCUT2D eigenvalue weighted by molar-refractivity contribution is 0.658. The Balaban J connectivity index is 1.22. The van der Waals surface area contributed by atoms with E-state index in [0.29, 0.717) is 0 Å². The van der Waals surface area contributed by atoms with Gasteiger partial charge in [0.2, 0.25) is 0 Å². The highest BCUT2D eigenvalue weighted by Gasteiger charge is 2.37. The summed E-state index contributed by atoms with van der Waals surface area (Å²) < 4.78 is 0. The van der Waals surface area contributed by atoms with Crippen LogP contribution in [0.15, 0.2) is 97.1 Å². The van der Waals surface area contributed by atoms with Crippen LogP contribution in [0.1, 0.15) is 72.2 Å². The Labute approximate surface area is 239 Å². The number of aryl methyl sites for hydroxylation is 4. The van der Waals surface area contributed by atoms with Crippen molar-refractivity contribution >= 4 is 0 Å². The summed E-state index contributed by atoms with van der Waals surface area (Å²) in [6.45, 7) is 13.9. The third-order valence-corrected chi connectivity index (χ3v) is 9.73. The number of rotatable bonds is 4. The molecule has 0 radical (unpaired) electrons. The summed E-state index contributed by atoms with van der Waals surface area (Å²) in [5, 5.41) is 0. The fourth-order valence-corrected chi connectivity index (χ4v) is 7.19. The predicted molar refractivity (Wildman–Crippen MR) is 170 cm³/mol. The van der Waals surface area contributed by atoms with Crippen molar-refractivity contribution in [2.24, 2.45) is 0 Å². The minimum atomic E-state index is -0.0235. The molecule has 5 aromatic carbocycles. The Morgan fingerprint density at radius 1 is 0.400 bits per heavy atom. The molecular weight excluding hydrogens is 480 g/mol. The van der Waals surface area contributed by atoms with Crippen molar-refractivity contribution in [3.8, 4) is 33.4 Å². The highest BCUT2D eigenvalue weighted by atomic mass is 14.4. The van der Waals surface area contributed by atoms with E-state index < -0.39 is 0 Å². The summed E-state index contributed by atoms with van der Waals surface area (Å²) in [4.78, 5) is 0. The molecule has 0 heteroatoms. The van der Waals surface area contributed by atoms with Crippen LogP contribution in [0.25, 0.3) is 33.4 Å². The second kappa shape index (κ2) is 8.80. The first-order valence-corrected chi connectivity index (χ1v) is 14.7. The molecule has 0 atom stereocenters. The molecule has 0 aromatic heterocycles. The molecule has 0 N–H and O–H groups in total. The monoisotopic (exact) mass is 518 g/mol. The Morgan fingerprint density at radius 2 is 0.800 bits per heavy atom. The summed E-state index contributed by atoms with van der Waals surface area (Å²) in [6, 6.07) is 37.3. The summed E-state index contributed by atoms with van der Waals surface area (Å²) in [7, 11) is 0. The van der Waals surface area contributed by atoms with Gasteiger partial charge in [-0.3, -0.25) is 0 Å². The average Bonchev–Trinajstić information content (AvgIpc) is 3.31. The molecule has 0 amide bonds. The third kappa shape index (κ3) is 3.80. The SMILES string of the molecule is Cc1ccc(CCc2ccc3c(c2)C(C)(C)c2cc(-c4ccc5c(c4)C(C)(C)c4cc(C)ccc4-5)ccc2-3)cc1. The molecule has 7 rings (SSSR count). The topological polar surface area (TPSA) is 0 Å². The maximum absolute atomic E-state index is 2.47. The molecule has 0 unspecified atom stereocenters. The molecule has 5 aromatic rings. The maximum atomic E-state index is 2.47. The zero-order valence-corrected chi connectivity index (χ0v) is 24.7. The first-order valence-electron chi connectivity index (χ1n) is 14.7. The molecule has 0 nitrogen and oxygen atoms in total. The zero-order valence-electron chi connectivity index (χ0n) is 24.7. The summed E-state index contributed by atoms with van der Waals surface area (Å²) in [5.74, 6) is 0. The molecule has 0 heterocycles. The Morgan fingerprint density at radius 3 is 1.38 bits per heavy atom. The number of hydrogen-bond donors (Lipinski definition) is 0. The Hall–Kier alpha value is -3.90. The van der Waals surface area contributed by atoms with Gasteiger partial charge in [0.05, 0.1) is 0 Å². The van der Waals surface area contributed by atoms with Crippen LogP contribution in [0, 0.1) is 13.8 Å².